The highest BCUT2D eigenvalue weighted by Crippen LogP contribution is 2.17. The Morgan fingerprint density at radius 2 is 1.78 bits per heavy atom. The number of anilines is 1. The normalized spacial score (nSPS) is 15.0. The van der Waals surface area contributed by atoms with E-state index in [1.54, 1.807) is 49.6 Å². The van der Waals surface area contributed by atoms with Gasteiger partial charge in [0.25, 0.3) is 5.91 Å². The maximum atomic E-state index is 12.4. The molecule has 2 aromatic carbocycles. The van der Waals surface area contributed by atoms with Gasteiger partial charge >= 0.3 is 6.03 Å². The fourth-order valence-corrected chi connectivity index (χ4v) is 2.56. The highest BCUT2D eigenvalue weighted by Gasteiger charge is 2.34. The first-order valence-electron chi connectivity index (χ1n) is 8.31. The molecule has 0 aromatic heterocycles. The van der Waals surface area contributed by atoms with Crippen molar-refractivity contribution in [3.63, 3.8) is 0 Å². The maximum absolute atomic E-state index is 12.4. The van der Waals surface area contributed by atoms with Crippen LogP contribution in [0.5, 0.6) is 5.75 Å². The second-order valence-corrected chi connectivity index (χ2v) is 6.07. The Morgan fingerprint density at radius 3 is 2.41 bits per heavy atom. The van der Waals surface area contributed by atoms with Crippen LogP contribution in [0.3, 0.4) is 0 Å². The minimum absolute atomic E-state index is 0.119. The van der Waals surface area contributed by atoms with Gasteiger partial charge in [-0.3, -0.25) is 9.59 Å². The molecule has 0 radical (unpaired) electrons. The lowest BCUT2D eigenvalue weighted by Crippen LogP contribution is -2.38. The topological polar surface area (TPSA) is 87.7 Å². The Morgan fingerprint density at radius 1 is 1.11 bits per heavy atom. The standard InChI is InChI=1S/C20H19N3O4/c1-13-3-7-15(8-4-13)21-18(24)12-23-19(25)17(22-20(23)26)11-14-5-9-16(27-2)10-6-14/h3-11H,12H2,1-2H3,(H,21,24)(H,22,26)/b17-11-. The van der Waals surface area contributed by atoms with Gasteiger partial charge in [-0.2, -0.15) is 0 Å². The maximum Gasteiger partial charge on any atom is 0.329 e. The van der Waals surface area contributed by atoms with Crippen molar-refractivity contribution in [2.45, 2.75) is 6.92 Å². The van der Waals surface area contributed by atoms with Crippen molar-refractivity contribution < 1.29 is 19.1 Å². The number of urea groups is 1. The lowest BCUT2D eigenvalue weighted by Gasteiger charge is -2.12. The SMILES string of the molecule is COc1ccc(/C=C2\NC(=O)N(CC(=O)Nc3ccc(C)cc3)C2=O)cc1. The van der Waals surface area contributed by atoms with Gasteiger partial charge in [0.1, 0.15) is 18.0 Å². The van der Waals surface area contributed by atoms with Crippen LogP contribution >= 0.6 is 0 Å². The second-order valence-electron chi connectivity index (χ2n) is 6.07. The van der Waals surface area contributed by atoms with E-state index in [4.69, 9.17) is 4.74 Å². The summed E-state index contributed by atoms with van der Waals surface area (Å²) in [5, 5.41) is 5.16. The number of hydrogen-bond donors (Lipinski definition) is 2. The highest BCUT2D eigenvalue weighted by atomic mass is 16.5. The Labute approximate surface area is 156 Å². The number of imide groups is 1. The molecule has 0 spiro atoms. The zero-order valence-corrected chi connectivity index (χ0v) is 15.0. The van der Waals surface area contributed by atoms with Gasteiger partial charge in [-0.05, 0) is 42.8 Å². The third-order valence-corrected chi connectivity index (χ3v) is 4.03. The Bertz CT molecular complexity index is 902. The summed E-state index contributed by atoms with van der Waals surface area (Å²) in [6.45, 7) is 1.58. The molecule has 138 valence electrons. The minimum atomic E-state index is -0.626. The summed E-state index contributed by atoms with van der Waals surface area (Å²) in [5.74, 6) is -0.309. The molecule has 0 atom stereocenters. The van der Waals surface area contributed by atoms with E-state index < -0.39 is 17.8 Å². The van der Waals surface area contributed by atoms with Crippen molar-refractivity contribution in [1.82, 2.24) is 10.2 Å². The van der Waals surface area contributed by atoms with E-state index in [-0.39, 0.29) is 12.2 Å². The number of benzene rings is 2. The van der Waals surface area contributed by atoms with E-state index in [9.17, 15) is 14.4 Å². The van der Waals surface area contributed by atoms with Crippen molar-refractivity contribution in [1.29, 1.82) is 0 Å². The first kappa shape index (κ1) is 18.2. The van der Waals surface area contributed by atoms with Crippen molar-refractivity contribution >= 4 is 29.6 Å². The fraction of sp³-hybridized carbons (Fsp3) is 0.150. The zero-order chi connectivity index (χ0) is 19.4. The van der Waals surface area contributed by atoms with Crippen molar-refractivity contribution in [2.75, 3.05) is 19.0 Å². The molecule has 3 rings (SSSR count). The highest BCUT2D eigenvalue weighted by molar-refractivity contribution is 6.15. The third-order valence-electron chi connectivity index (χ3n) is 4.03. The first-order chi connectivity index (χ1) is 13.0. The van der Waals surface area contributed by atoms with Gasteiger partial charge in [0, 0.05) is 5.69 Å². The van der Waals surface area contributed by atoms with E-state index in [1.165, 1.54) is 0 Å². The molecular weight excluding hydrogens is 346 g/mol. The summed E-state index contributed by atoms with van der Waals surface area (Å²) in [6.07, 6.45) is 1.55. The van der Waals surface area contributed by atoms with Gasteiger partial charge in [0.15, 0.2) is 0 Å². The number of nitrogens with zero attached hydrogens (tertiary/aromatic N) is 1. The van der Waals surface area contributed by atoms with Crippen LogP contribution in [0.4, 0.5) is 10.5 Å². The first-order valence-corrected chi connectivity index (χ1v) is 8.31. The van der Waals surface area contributed by atoms with E-state index in [0.29, 0.717) is 11.4 Å². The molecule has 27 heavy (non-hydrogen) atoms. The zero-order valence-electron chi connectivity index (χ0n) is 15.0. The van der Waals surface area contributed by atoms with Crippen LogP contribution in [-0.2, 0) is 9.59 Å². The van der Waals surface area contributed by atoms with Gasteiger partial charge in [-0.15, -0.1) is 0 Å². The molecule has 2 aromatic rings. The Kier molecular flexibility index (Phi) is 5.21. The molecule has 7 heteroatoms. The smallest absolute Gasteiger partial charge is 0.329 e. The van der Waals surface area contributed by atoms with Crippen molar-refractivity contribution in [2.24, 2.45) is 0 Å². The molecule has 1 aliphatic rings. The monoisotopic (exact) mass is 365 g/mol. The molecule has 7 nitrogen and oxygen atoms in total. The number of hydrogen-bond acceptors (Lipinski definition) is 4. The predicted octanol–water partition coefficient (Wildman–Crippen LogP) is 2.54. The van der Waals surface area contributed by atoms with Crippen LogP contribution in [0.1, 0.15) is 11.1 Å². The summed E-state index contributed by atoms with van der Waals surface area (Å²) in [4.78, 5) is 37.6. The van der Waals surface area contributed by atoms with Crippen LogP contribution < -0.4 is 15.4 Å². The molecule has 1 saturated heterocycles. The average molecular weight is 365 g/mol. The van der Waals surface area contributed by atoms with Crippen LogP contribution in [0.15, 0.2) is 54.2 Å². The number of ether oxygens (including phenoxy) is 1. The van der Waals surface area contributed by atoms with E-state index in [2.05, 4.69) is 10.6 Å². The number of aryl methyl sites for hydroxylation is 1. The number of methoxy groups -OCH3 is 1. The summed E-state index contributed by atoms with van der Waals surface area (Å²) in [5.41, 5.74) is 2.51. The van der Waals surface area contributed by atoms with Gasteiger partial charge in [0.05, 0.1) is 7.11 Å². The summed E-state index contributed by atoms with van der Waals surface area (Å²) < 4.78 is 5.08. The lowest BCUT2D eigenvalue weighted by atomic mass is 10.2. The number of nitrogens with one attached hydrogen (secondary N) is 2. The van der Waals surface area contributed by atoms with Gasteiger partial charge < -0.3 is 15.4 Å². The molecule has 0 aliphatic carbocycles. The van der Waals surface area contributed by atoms with E-state index >= 15 is 0 Å². The quantitative estimate of drug-likeness (QED) is 0.630. The molecule has 2 N–H and O–H groups in total. The molecule has 0 saturated carbocycles. The number of carbonyl (C=O) groups excluding carboxylic acids is 3. The largest absolute Gasteiger partial charge is 0.497 e. The second kappa shape index (κ2) is 7.74. The molecule has 1 aliphatic heterocycles. The predicted molar refractivity (Wildman–Crippen MR) is 101 cm³/mol. The number of carbonyl (C=O) groups is 3. The van der Waals surface area contributed by atoms with Crippen LogP contribution in [0.25, 0.3) is 6.08 Å². The van der Waals surface area contributed by atoms with Gasteiger partial charge in [-0.25, -0.2) is 9.69 Å². The number of rotatable bonds is 5. The lowest BCUT2D eigenvalue weighted by molar-refractivity contribution is -0.127. The summed E-state index contributed by atoms with van der Waals surface area (Å²) >= 11 is 0. The minimum Gasteiger partial charge on any atom is -0.497 e. The number of amides is 4. The Balaban J connectivity index is 1.67. The van der Waals surface area contributed by atoms with Crippen molar-refractivity contribution in [3.05, 3.63) is 65.4 Å². The van der Waals surface area contributed by atoms with Gasteiger partial charge in [0.2, 0.25) is 5.91 Å². The third kappa shape index (κ3) is 4.33. The molecule has 1 fully saturated rings. The molecule has 0 unspecified atom stereocenters. The summed E-state index contributed by atoms with van der Waals surface area (Å²) in [6, 6.07) is 13.6. The Hall–Kier alpha value is -3.61. The van der Waals surface area contributed by atoms with Crippen LogP contribution in [0.2, 0.25) is 0 Å². The average Bonchev–Trinajstić information content (AvgIpc) is 2.91. The molecule has 1 heterocycles. The van der Waals surface area contributed by atoms with E-state index in [0.717, 1.165) is 16.0 Å². The summed E-state index contributed by atoms with van der Waals surface area (Å²) in [7, 11) is 1.56. The van der Waals surface area contributed by atoms with Crippen LogP contribution in [-0.4, -0.2) is 36.4 Å². The molecule has 4 amide bonds. The molecule has 0 bridgehead atoms. The van der Waals surface area contributed by atoms with Crippen LogP contribution in [0, 0.1) is 6.92 Å². The van der Waals surface area contributed by atoms with E-state index in [1.807, 2.05) is 19.1 Å². The van der Waals surface area contributed by atoms with Gasteiger partial charge in [-0.1, -0.05) is 29.8 Å². The van der Waals surface area contributed by atoms with Crippen molar-refractivity contribution in [3.8, 4) is 5.75 Å². The fourth-order valence-electron chi connectivity index (χ4n) is 2.56. The molecular formula is C20H19N3O4.